The quantitative estimate of drug-likeness (QED) is 0.500. The lowest BCUT2D eigenvalue weighted by atomic mass is 9.98. The Bertz CT molecular complexity index is 1220. The average Bonchev–Trinajstić information content (AvgIpc) is 3.09. The lowest BCUT2D eigenvalue weighted by Crippen LogP contribution is -2.22. The lowest BCUT2D eigenvalue weighted by molar-refractivity contribution is 0.0696. The van der Waals surface area contributed by atoms with E-state index in [-0.39, 0.29) is 22.9 Å². The molecule has 0 saturated carbocycles. The topological polar surface area (TPSA) is 110 Å². The van der Waals surface area contributed by atoms with E-state index in [1.54, 1.807) is 38.1 Å². The first-order chi connectivity index (χ1) is 14.7. The molecule has 0 aliphatic rings. The summed E-state index contributed by atoms with van der Waals surface area (Å²) in [7, 11) is -1.85. The molecule has 10 heteroatoms. The number of anilines is 1. The highest BCUT2D eigenvalue weighted by atomic mass is 32.2. The molecule has 8 nitrogen and oxygen atoms in total. The fraction of sp³-hybridized carbons (Fsp3) is 0.238. The molecule has 1 aromatic heterocycles. The summed E-state index contributed by atoms with van der Waals surface area (Å²) in [6, 6.07) is 11.1. The molecule has 1 heterocycles. The number of carboxylic acids is 1. The first kappa shape index (κ1) is 22.9. The molecule has 0 spiro atoms. The average molecular weight is 462 g/mol. The Hall–Kier alpha value is -2.74. The Morgan fingerprint density at radius 3 is 2.52 bits per heavy atom. The highest BCUT2D eigenvalue weighted by molar-refractivity contribution is 7.96. The molecular formula is C21H23N2O6PS. The molecule has 3 aromatic rings. The van der Waals surface area contributed by atoms with Crippen molar-refractivity contribution < 1.29 is 27.6 Å². The molecule has 0 amide bonds. The number of rotatable bonds is 8. The van der Waals surface area contributed by atoms with Gasteiger partial charge in [-0.25, -0.2) is 17.3 Å². The molecule has 0 fully saturated rings. The van der Waals surface area contributed by atoms with Gasteiger partial charge in [0.2, 0.25) is 0 Å². The number of carbonyl (C=O) groups is 1. The molecule has 2 aromatic carbocycles. The summed E-state index contributed by atoms with van der Waals surface area (Å²) in [6.07, 6.45) is 0. The largest absolute Gasteiger partial charge is 0.478 e. The van der Waals surface area contributed by atoms with E-state index in [1.165, 1.54) is 18.2 Å². The fourth-order valence-electron chi connectivity index (χ4n) is 3.07. The van der Waals surface area contributed by atoms with Crippen molar-refractivity contribution >= 4 is 31.2 Å². The van der Waals surface area contributed by atoms with Crippen LogP contribution < -0.4 is 4.08 Å². The summed E-state index contributed by atoms with van der Waals surface area (Å²) < 4.78 is 38.6. The maximum absolute atomic E-state index is 13.5. The number of aromatic carboxylic acids is 1. The van der Waals surface area contributed by atoms with E-state index in [0.717, 1.165) is 4.08 Å². The number of sulfonamides is 1. The Labute approximate surface area is 183 Å². The Morgan fingerprint density at radius 1 is 1.19 bits per heavy atom. The number of hydrogen-bond acceptors (Lipinski definition) is 6. The predicted octanol–water partition coefficient (Wildman–Crippen LogP) is 4.18. The SMILES string of the molecule is CCOCc1cc(C(=O)O)ccc1-c1ccccc1S(=O)(=O)N(P)c1noc(C)c1C. The summed E-state index contributed by atoms with van der Waals surface area (Å²) in [5.74, 6) is -0.375. The van der Waals surface area contributed by atoms with Crippen molar-refractivity contribution in [3.63, 3.8) is 0 Å². The second kappa shape index (κ2) is 9.18. The predicted molar refractivity (Wildman–Crippen MR) is 120 cm³/mol. The fourth-order valence-corrected chi connectivity index (χ4v) is 4.96. The maximum atomic E-state index is 13.5. The summed E-state index contributed by atoms with van der Waals surface area (Å²) in [5.41, 5.74) is 2.29. The Balaban J connectivity index is 2.16. The minimum Gasteiger partial charge on any atom is -0.478 e. The van der Waals surface area contributed by atoms with Crippen molar-refractivity contribution in [2.24, 2.45) is 0 Å². The van der Waals surface area contributed by atoms with Crippen LogP contribution in [-0.2, 0) is 21.4 Å². The Morgan fingerprint density at radius 2 is 1.90 bits per heavy atom. The summed E-state index contributed by atoms with van der Waals surface area (Å²) in [6.45, 7) is 5.83. The van der Waals surface area contributed by atoms with Gasteiger partial charge in [0, 0.05) is 17.7 Å². The molecule has 0 aliphatic heterocycles. The minimum atomic E-state index is -4.03. The van der Waals surface area contributed by atoms with Crippen molar-refractivity contribution in [3.05, 3.63) is 64.9 Å². The molecule has 0 radical (unpaired) electrons. The third kappa shape index (κ3) is 4.49. The van der Waals surface area contributed by atoms with Crippen LogP contribution in [0.3, 0.4) is 0 Å². The standard InChI is InChI=1S/C21H23N2O6PS/c1-4-28-12-16-11-15(21(24)25)9-10-17(16)18-7-5-6-8-19(18)31(26,27)23(30)20-13(2)14(3)29-22-20/h5-11H,4,12,30H2,1-3H3,(H,24,25). The van der Waals surface area contributed by atoms with E-state index >= 15 is 0 Å². The van der Waals surface area contributed by atoms with Crippen LogP contribution in [0.5, 0.6) is 0 Å². The van der Waals surface area contributed by atoms with Gasteiger partial charge in [-0.3, -0.25) is 0 Å². The van der Waals surface area contributed by atoms with E-state index in [0.29, 0.717) is 34.6 Å². The first-order valence-electron chi connectivity index (χ1n) is 9.44. The molecule has 1 N–H and O–H groups in total. The number of nitrogens with zero attached hydrogens (tertiary/aromatic N) is 2. The van der Waals surface area contributed by atoms with Gasteiger partial charge in [-0.2, -0.15) is 0 Å². The van der Waals surface area contributed by atoms with E-state index in [1.807, 2.05) is 6.92 Å². The van der Waals surface area contributed by atoms with Crippen LogP contribution in [-0.4, -0.2) is 31.3 Å². The third-order valence-electron chi connectivity index (χ3n) is 4.87. The van der Waals surface area contributed by atoms with Crippen LogP contribution in [0.1, 0.15) is 34.2 Å². The van der Waals surface area contributed by atoms with Gasteiger partial charge in [0.15, 0.2) is 5.82 Å². The van der Waals surface area contributed by atoms with Crippen molar-refractivity contribution in [2.45, 2.75) is 32.3 Å². The molecule has 0 saturated heterocycles. The van der Waals surface area contributed by atoms with Crippen molar-refractivity contribution in [2.75, 3.05) is 10.7 Å². The molecule has 0 bridgehead atoms. The lowest BCUT2D eigenvalue weighted by Gasteiger charge is -2.20. The number of aromatic nitrogens is 1. The Kier molecular flexibility index (Phi) is 6.79. The molecule has 0 aliphatic carbocycles. The first-order valence-corrected chi connectivity index (χ1v) is 11.4. The highest BCUT2D eigenvalue weighted by Gasteiger charge is 2.29. The normalized spacial score (nSPS) is 11.5. The number of ether oxygens (including phenoxy) is 1. The molecule has 3 rings (SSSR count). The van der Waals surface area contributed by atoms with Crippen molar-refractivity contribution in [1.29, 1.82) is 0 Å². The van der Waals surface area contributed by atoms with Crippen LogP contribution in [0.2, 0.25) is 0 Å². The van der Waals surface area contributed by atoms with E-state index in [2.05, 4.69) is 14.5 Å². The summed E-state index contributed by atoms with van der Waals surface area (Å²) in [4.78, 5) is 11.5. The second-order valence-corrected chi connectivity index (χ2v) is 9.47. The van der Waals surface area contributed by atoms with E-state index < -0.39 is 16.0 Å². The number of benzene rings is 2. The van der Waals surface area contributed by atoms with Gasteiger partial charge in [-0.15, -0.1) is 0 Å². The van der Waals surface area contributed by atoms with Crippen molar-refractivity contribution in [1.82, 2.24) is 5.16 Å². The van der Waals surface area contributed by atoms with Crippen LogP contribution in [0.25, 0.3) is 11.1 Å². The number of hydrogen-bond donors (Lipinski definition) is 1. The monoisotopic (exact) mass is 462 g/mol. The molecule has 1 unspecified atom stereocenters. The van der Waals surface area contributed by atoms with Crippen LogP contribution >= 0.6 is 9.39 Å². The van der Waals surface area contributed by atoms with E-state index in [4.69, 9.17) is 9.26 Å². The van der Waals surface area contributed by atoms with Crippen molar-refractivity contribution in [3.8, 4) is 11.1 Å². The number of carboxylic acid groups (broad SMARTS) is 1. The summed E-state index contributed by atoms with van der Waals surface area (Å²) in [5, 5.41) is 13.2. The van der Waals surface area contributed by atoms with E-state index in [9.17, 15) is 18.3 Å². The van der Waals surface area contributed by atoms with Gasteiger partial charge in [-0.05, 0) is 59.5 Å². The molecule has 164 valence electrons. The van der Waals surface area contributed by atoms with Gasteiger partial charge in [0.05, 0.1) is 17.1 Å². The van der Waals surface area contributed by atoms with Gasteiger partial charge >= 0.3 is 5.97 Å². The molecular weight excluding hydrogens is 439 g/mol. The number of aryl methyl sites for hydroxylation is 1. The molecule has 1 atom stereocenters. The van der Waals surface area contributed by atoms with Gasteiger partial charge < -0.3 is 14.4 Å². The maximum Gasteiger partial charge on any atom is 0.335 e. The third-order valence-corrected chi connectivity index (χ3v) is 7.55. The van der Waals surface area contributed by atoms with Crippen LogP contribution in [0.15, 0.2) is 51.9 Å². The van der Waals surface area contributed by atoms with Gasteiger partial charge in [0.1, 0.15) is 5.76 Å². The second-order valence-electron chi connectivity index (χ2n) is 6.80. The highest BCUT2D eigenvalue weighted by Crippen LogP contribution is 2.36. The molecule has 31 heavy (non-hydrogen) atoms. The minimum absolute atomic E-state index is 0.0471. The van der Waals surface area contributed by atoms with Crippen LogP contribution in [0.4, 0.5) is 5.82 Å². The zero-order chi connectivity index (χ0) is 22.8. The zero-order valence-corrected chi connectivity index (χ0v) is 19.3. The van der Waals surface area contributed by atoms with Gasteiger partial charge in [0.25, 0.3) is 10.0 Å². The smallest absolute Gasteiger partial charge is 0.335 e. The summed E-state index contributed by atoms with van der Waals surface area (Å²) >= 11 is 0. The zero-order valence-electron chi connectivity index (χ0n) is 17.3. The van der Waals surface area contributed by atoms with Gasteiger partial charge in [-0.1, -0.05) is 29.4 Å². The van der Waals surface area contributed by atoms with Crippen LogP contribution in [0, 0.1) is 13.8 Å².